The quantitative estimate of drug-likeness (QED) is 0.288. The van der Waals surface area contributed by atoms with Crippen LogP contribution in [0.4, 0.5) is 0 Å². The molecule has 2 fully saturated rings. The van der Waals surface area contributed by atoms with Crippen LogP contribution < -0.4 is 10.6 Å². The molecule has 1 heterocycles. The van der Waals surface area contributed by atoms with Crippen LogP contribution in [0.3, 0.4) is 0 Å². The predicted molar refractivity (Wildman–Crippen MR) is 130 cm³/mol. The molecule has 29 heavy (non-hydrogen) atoms. The summed E-state index contributed by atoms with van der Waals surface area (Å²) < 4.78 is 11.4. The fourth-order valence-corrected chi connectivity index (χ4v) is 4.60. The zero-order valence-corrected chi connectivity index (χ0v) is 20.3. The van der Waals surface area contributed by atoms with Gasteiger partial charge in [-0.05, 0) is 43.6 Å². The molecule has 1 aromatic rings. The van der Waals surface area contributed by atoms with E-state index in [0.717, 1.165) is 51.6 Å². The van der Waals surface area contributed by atoms with Crippen molar-refractivity contribution in [2.45, 2.75) is 51.6 Å². The van der Waals surface area contributed by atoms with Gasteiger partial charge in [0.25, 0.3) is 0 Å². The SMILES string of the molecule is CCNC(=NCC1(CCOC)CCCC1)NCC1CCOC1c1ccccc1.I. The molecule has 1 saturated heterocycles. The number of rotatable bonds is 9. The highest BCUT2D eigenvalue weighted by Crippen LogP contribution is 2.41. The number of benzene rings is 1. The highest BCUT2D eigenvalue weighted by molar-refractivity contribution is 14.0. The van der Waals surface area contributed by atoms with Gasteiger partial charge >= 0.3 is 0 Å². The number of aliphatic imine (C=N–C) groups is 1. The second-order valence-electron chi connectivity index (χ2n) is 8.28. The van der Waals surface area contributed by atoms with E-state index in [0.29, 0.717) is 11.3 Å². The average Bonchev–Trinajstić information content (AvgIpc) is 3.39. The van der Waals surface area contributed by atoms with Crippen molar-refractivity contribution in [3.63, 3.8) is 0 Å². The summed E-state index contributed by atoms with van der Waals surface area (Å²) in [5, 5.41) is 7.01. The Labute approximate surface area is 193 Å². The van der Waals surface area contributed by atoms with Crippen LogP contribution >= 0.6 is 24.0 Å². The zero-order valence-electron chi connectivity index (χ0n) is 18.0. The highest BCUT2D eigenvalue weighted by atomic mass is 127. The van der Waals surface area contributed by atoms with E-state index in [9.17, 15) is 0 Å². The molecule has 5 nitrogen and oxygen atoms in total. The van der Waals surface area contributed by atoms with Crippen molar-refractivity contribution in [1.29, 1.82) is 0 Å². The molecule has 1 aliphatic heterocycles. The van der Waals surface area contributed by atoms with E-state index >= 15 is 0 Å². The molecule has 0 amide bonds. The van der Waals surface area contributed by atoms with Crippen molar-refractivity contribution < 1.29 is 9.47 Å². The minimum atomic E-state index is 0. The van der Waals surface area contributed by atoms with E-state index in [1.165, 1.54) is 31.2 Å². The first-order chi connectivity index (χ1) is 13.8. The van der Waals surface area contributed by atoms with Crippen molar-refractivity contribution in [2.75, 3.05) is 40.0 Å². The summed E-state index contributed by atoms with van der Waals surface area (Å²) in [5.41, 5.74) is 1.60. The van der Waals surface area contributed by atoms with Gasteiger partial charge in [0.05, 0.1) is 6.10 Å². The summed E-state index contributed by atoms with van der Waals surface area (Å²) in [6.45, 7) is 6.43. The topological polar surface area (TPSA) is 54.9 Å². The van der Waals surface area contributed by atoms with Gasteiger partial charge in [-0.25, -0.2) is 0 Å². The van der Waals surface area contributed by atoms with Gasteiger partial charge in [-0.2, -0.15) is 0 Å². The molecule has 1 aliphatic carbocycles. The molecule has 2 atom stereocenters. The van der Waals surface area contributed by atoms with Crippen LogP contribution in [0.1, 0.15) is 57.1 Å². The largest absolute Gasteiger partial charge is 0.385 e. The van der Waals surface area contributed by atoms with E-state index in [1.807, 2.05) is 0 Å². The number of guanidine groups is 1. The number of methoxy groups -OCH3 is 1. The van der Waals surface area contributed by atoms with Crippen molar-refractivity contribution in [3.8, 4) is 0 Å². The first kappa shape index (κ1) is 24.4. The second kappa shape index (κ2) is 12.7. The minimum absolute atomic E-state index is 0. The molecule has 1 aromatic carbocycles. The van der Waals surface area contributed by atoms with Crippen molar-refractivity contribution >= 4 is 29.9 Å². The molecular formula is C23H38IN3O2. The van der Waals surface area contributed by atoms with Gasteiger partial charge < -0.3 is 20.1 Å². The van der Waals surface area contributed by atoms with E-state index in [4.69, 9.17) is 14.5 Å². The van der Waals surface area contributed by atoms with Gasteiger partial charge in [0.2, 0.25) is 0 Å². The number of halogens is 1. The first-order valence-electron chi connectivity index (χ1n) is 10.9. The highest BCUT2D eigenvalue weighted by Gasteiger charge is 2.33. The van der Waals surface area contributed by atoms with Gasteiger partial charge in [0.15, 0.2) is 5.96 Å². The maximum absolute atomic E-state index is 6.03. The molecule has 6 heteroatoms. The molecule has 2 N–H and O–H groups in total. The van der Waals surface area contributed by atoms with Crippen molar-refractivity contribution in [1.82, 2.24) is 10.6 Å². The fourth-order valence-electron chi connectivity index (χ4n) is 4.60. The normalized spacial score (nSPS) is 23.6. The number of nitrogens with one attached hydrogen (secondary N) is 2. The van der Waals surface area contributed by atoms with Gasteiger partial charge in [-0.1, -0.05) is 43.2 Å². The van der Waals surface area contributed by atoms with E-state index in [2.05, 4.69) is 47.9 Å². The lowest BCUT2D eigenvalue weighted by atomic mass is 9.83. The number of ether oxygens (including phenoxy) is 2. The molecule has 3 rings (SSSR count). The Bertz CT molecular complexity index is 605. The van der Waals surface area contributed by atoms with Crippen LogP contribution in [0.2, 0.25) is 0 Å². The van der Waals surface area contributed by atoms with Crippen LogP contribution in [0.15, 0.2) is 35.3 Å². The standard InChI is InChI=1S/C23H37N3O2.HI/c1-3-24-22(26-18-23(14-16-27-2)12-7-8-13-23)25-17-20-11-15-28-21(20)19-9-5-4-6-10-19;/h4-6,9-10,20-21H,3,7-8,11-18H2,1-2H3,(H2,24,25,26);1H. The molecule has 2 aliphatic rings. The Morgan fingerprint density at radius 1 is 1.21 bits per heavy atom. The number of hydrogen-bond acceptors (Lipinski definition) is 3. The van der Waals surface area contributed by atoms with Crippen molar-refractivity contribution in [2.24, 2.45) is 16.3 Å². The number of hydrogen-bond donors (Lipinski definition) is 2. The Morgan fingerprint density at radius 3 is 2.66 bits per heavy atom. The lowest BCUT2D eigenvalue weighted by Gasteiger charge is -2.27. The van der Waals surface area contributed by atoms with Gasteiger partial charge in [0, 0.05) is 45.9 Å². The number of nitrogens with zero attached hydrogens (tertiary/aromatic N) is 1. The van der Waals surface area contributed by atoms with E-state index in [1.54, 1.807) is 7.11 Å². The van der Waals surface area contributed by atoms with Gasteiger partial charge in [-0.15, -0.1) is 24.0 Å². The van der Waals surface area contributed by atoms with Crippen LogP contribution in [0, 0.1) is 11.3 Å². The Balaban J connectivity index is 0.00000300. The molecule has 0 spiro atoms. The van der Waals surface area contributed by atoms with Crippen LogP contribution in [-0.2, 0) is 9.47 Å². The Hall–Kier alpha value is -0.860. The third-order valence-electron chi connectivity index (χ3n) is 6.29. The summed E-state index contributed by atoms with van der Waals surface area (Å²) in [6.07, 6.45) is 7.56. The van der Waals surface area contributed by atoms with Crippen molar-refractivity contribution in [3.05, 3.63) is 35.9 Å². The maximum Gasteiger partial charge on any atom is 0.191 e. The summed E-state index contributed by atoms with van der Waals surface area (Å²) >= 11 is 0. The monoisotopic (exact) mass is 515 g/mol. The van der Waals surface area contributed by atoms with Gasteiger partial charge in [-0.3, -0.25) is 4.99 Å². The second-order valence-corrected chi connectivity index (χ2v) is 8.28. The molecule has 0 aromatic heterocycles. The van der Waals surface area contributed by atoms with Crippen LogP contribution in [0.5, 0.6) is 0 Å². The smallest absolute Gasteiger partial charge is 0.191 e. The lowest BCUT2D eigenvalue weighted by Crippen LogP contribution is -2.41. The predicted octanol–water partition coefficient (Wildman–Crippen LogP) is 4.53. The van der Waals surface area contributed by atoms with Gasteiger partial charge in [0.1, 0.15) is 0 Å². The summed E-state index contributed by atoms with van der Waals surface area (Å²) in [5.74, 6) is 1.41. The Kier molecular flexibility index (Phi) is 10.7. The van der Waals surface area contributed by atoms with E-state index < -0.39 is 0 Å². The molecule has 0 bridgehead atoms. The molecule has 2 unspecified atom stereocenters. The molecule has 164 valence electrons. The third kappa shape index (κ3) is 7.10. The van der Waals surface area contributed by atoms with Crippen LogP contribution in [-0.4, -0.2) is 45.9 Å². The zero-order chi connectivity index (χ0) is 19.7. The molecule has 0 radical (unpaired) electrons. The molecular weight excluding hydrogens is 477 g/mol. The third-order valence-corrected chi connectivity index (χ3v) is 6.29. The van der Waals surface area contributed by atoms with Crippen LogP contribution in [0.25, 0.3) is 0 Å². The molecule has 1 saturated carbocycles. The average molecular weight is 515 g/mol. The minimum Gasteiger partial charge on any atom is -0.385 e. The fraction of sp³-hybridized carbons (Fsp3) is 0.696. The summed E-state index contributed by atoms with van der Waals surface area (Å²) in [7, 11) is 1.80. The first-order valence-corrected chi connectivity index (χ1v) is 10.9. The van der Waals surface area contributed by atoms with E-state index in [-0.39, 0.29) is 30.1 Å². The summed E-state index contributed by atoms with van der Waals surface area (Å²) in [4.78, 5) is 4.98. The summed E-state index contributed by atoms with van der Waals surface area (Å²) in [6, 6.07) is 10.6. The Morgan fingerprint density at radius 2 is 1.97 bits per heavy atom. The lowest BCUT2D eigenvalue weighted by molar-refractivity contribution is 0.0915. The maximum atomic E-state index is 6.03.